The summed E-state index contributed by atoms with van der Waals surface area (Å²) in [5.74, 6) is -0.0822. The summed E-state index contributed by atoms with van der Waals surface area (Å²) in [5.41, 5.74) is 0. The molecule has 2 N–H and O–H groups in total. The van der Waals surface area contributed by atoms with Gasteiger partial charge < -0.3 is 15.4 Å². The zero-order valence-electron chi connectivity index (χ0n) is 9.09. The molecule has 0 aliphatic carbocycles. The van der Waals surface area contributed by atoms with Gasteiger partial charge in [-0.25, -0.2) is 9.67 Å². The second kappa shape index (κ2) is 5.04. The monoisotopic (exact) mass is 225 g/mol. The van der Waals surface area contributed by atoms with Crippen molar-refractivity contribution in [2.75, 3.05) is 20.2 Å². The lowest BCUT2D eigenvalue weighted by Crippen LogP contribution is -2.44. The van der Waals surface area contributed by atoms with Crippen molar-refractivity contribution >= 4 is 5.91 Å². The van der Waals surface area contributed by atoms with Crippen molar-refractivity contribution in [1.29, 1.82) is 0 Å². The Hall–Kier alpha value is -1.47. The van der Waals surface area contributed by atoms with Crippen LogP contribution in [0.1, 0.15) is 0 Å². The lowest BCUT2D eigenvalue weighted by molar-refractivity contribution is -0.123. The van der Waals surface area contributed by atoms with Gasteiger partial charge >= 0.3 is 0 Å². The molecule has 1 saturated heterocycles. The lowest BCUT2D eigenvalue weighted by atomic mass is 10.2. The van der Waals surface area contributed by atoms with Gasteiger partial charge in [0.15, 0.2) is 0 Å². The maximum Gasteiger partial charge on any atom is 0.242 e. The van der Waals surface area contributed by atoms with Crippen molar-refractivity contribution in [3.8, 4) is 0 Å². The molecule has 0 spiro atoms. The number of carbonyl (C=O) groups is 1. The zero-order valence-corrected chi connectivity index (χ0v) is 9.09. The van der Waals surface area contributed by atoms with Crippen LogP contribution in [0, 0.1) is 0 Å². The second-order valence-electron chi connectivity index (χ2n) is 3.70. The summed E-state index contributed by atoms with van der Waals surface area (Å²) in [6.45, 7) is 1.69. The SMILES string of the molecule is CO[C@H]1CNCC1NC(=O)Cn1cncn1. The highest BCUT2D eigenvalue weighted by molar-refractivity contribution is 5.76. The highest BCUT2D eigenvalue weighted by atomic mass is 16.5. The number of hydrogen-bond acceptors (Lipinski definition) is 5. The normalized spacial score (nSPS) is 24.6. The van der Waals surface area contributed by atoms with Crippen molar-refractivity contribution < 1.29 is 9.53 Å². The molecule has 0 bridgehead atoms. The topological polar surface area (TPSA) is 81.1 Å². The van der Waals surface area contributed by atoms with E-state index in [1.165, 1.54) is 17.3 Å². The van der Waals surface area contributed by atoms with Crippen LogP contribution in [0.5, 0.6) is 0 Å². The average molecular weight is 225 g/mol. The van der Waals surface area contributed by atoms with E-state index in [0.717, 1.165) is 13.1 Å². The predicted molar refractivity (Wildman–Crippen MR) is 55.6 cm³/mol. The molecule has 2 heterocycles. The second-order valence-corrected chi connectivity index (χ2v) is 3.70. The van der Waals surface area contributed by atoms with Crippen molar-refractivity contribution in [3.63, 3.8) is 0 Å². The van der Waals surface area contributed by atoms with Crippen LogP contribution in [-0.2, 0) is 16.1 Å². The smallest absolute Gasteiger partial charge is 0.242 e. The molecule has 7 heteroatoms. The van der Waals surface area contributed by atoms with Crippen molar-refractivity contribution in [2.24, 2.45) is 0 Å². The van der Waals surface area contributed by atoms with Crippen LogP contribution in [0.15, 0.2) is 12.7 Å². The Labute approximate surface area is 93.2 Å². The molecule has 1 unspecified atom stereocenters. The number of nitrogens with one attached hydrogen (secondary N) is 2. The van der Waals surface area contributed by atoms with E-state index in [4.69, 9.17) is 4.74 Å². The first-order valence-electron chi connectivity index (χ1n) is 5.15. The fourth-order valence-electron chi connectivity index (χ4n) is 1.76. The summed E-state index contributed by atoms with van der Waals surface area (Å²) in [4.78, 5) is 15.4. The summed E-state index contributed by atoms with van der Waals surface area (Å²) in [5, 5.41) is 9.93. The number of rotatable bonds is 4. The molecule has 2 rings (SSSR count). The largest absolute Gasteiger partial charge is 0.378 e. The molecule has 88 valence electrons. The van der Waals surface area contributed by atoms with Gasteiger partial charge in [-0.2, -0.15) is 5.10 Å². The fourth-order valence-corrected chi connectivity index (χ4v) is 1.76. The first-order valence-corrected chi connectivity index (χ1v) is 5.15. The summed E-state index contributed by atoms with van der Waals surface area (Å²) in [7, 11) is 1.65. The Bertz CT molecular complexity index is 340. The van der Waals surface area contributed by atoms with Gasteiger partial charge in [-0.05, 0) is 0 Å². The van der Waals surface area contributed by atoms with Crippen LogP contribution in [0.4, 0.5) is 0 Å². The van der Waals surface area contributed by atoms with E-state index in [9.17, 15) is 4.79 Å². The molecule has 1 aromatic heterocycles. The minimum Gasteiger partial charge on any atom is -0.378 e. The number of methoxy groups -OCH3 is 1. The molecule has 1 aliphatic heterocycles. The van der Waals surface area contributed by atoms with Gasteiger partial charge in [0.25, 0.3) is 0 Å². The minimum atomic E-state index is -0.0822. The van der Waals surface area contributed by atoms with Gasteiger partial charge in [-0.1, -0.05) is 0 Å². The van der Waals surface area contributed by atoms with Crippen LogP contribution >= 0.6 is 0 Å². The summed E-state index contributed by atoms with van der Waals surface area (Å²) >= 11 is 0. The van der Waals surface area contributed by atoms with Crippen LogP contribution in [-0.4, -0.2) is 53.0 Å². The standard InChI is InChI=1S/C9H15N5O2/c1-16-8-3-10-2-7(8)13-9(15)4-14-6-11-5-12-14/h5-8,10H,2-4H2,1H3,(H,13,15)/t7?,8-/m0/s1. The molecule has 1 fully saturated rings. The summed E-state index contributed by atoms with van der Waals surface area (Å²) in [6.07, 6.45) is 2.96. The molecule has 0 saturated carbocycles. The minimum absolute atomic E-state index is 0.0287. The molecule has 0 radical (unpaired) electrons. The van der Waals surface area contributed by atoms with E-state index >= 15 is 0 Å². The maximum absolute atomic E-state index is 11.6. The van der Waals surface area contributed by atoms with E-state index in [-0.39, 0.29) is 24.6 Å². The Morgan fingerprint density at radius 2 is 2.56 bits per heavy atom. The number of carbonyl (C=O) groups excluding carboxylic acids is 1. The molecule has 0 aromatic carbocycles. The van der Waals surface area contributed by atoms with E-state index in [0.29, 0.717) is 0 Å². The van der Waals surface area contributed by atoms with E-state index in [1.54, 1.807) is 7.11 Å². The maximum atomic E-state index is 11.6. The van der Waals surface area contributed by atoms with Crippen molar-refractivity contribution in [3.05, 3.63) is 12.7 Å². The molecule has 7 nitrogen and oxygen atoms in total. The average Bonchev–Trinajstić information content (AvgIpc) is 2.88. The zero-order chi connectivity index (χ0) is 11.4. The molecule has 1 aromatic rings. The van der Waals surface area contributed by atoms with Gasteiger partial charge in [0, 0.05) is 20.2 Å². The van der Waals surface area contributed by atoms with Crippen LogP contribution in [0.3, 0.4) is 0 Å². The molecule has 2 atom stereocenters. The van der Waals surface area contributed by atoms with E-state index in [2.05, 4.69) is 20.7 Å². The third kappa shape index (κ3) is 2.56. The Morgan fingerprint density at radius 1 is 1.69 bits per heavy atom. The molecular formula is C9H15N5O2. The van der Waals surface area contributed by atoms with Gasteiger partial charge in [0.05, 0.1) is 12.1 Å². The Kier molecular flexibility index (Phi) is 3.47. The van der Waals surface area contributed by atoms with Gasteiger partial charge in [0.1, 0.15) is 19.2 Å². The summed E-state index contributed by atoms with van der Waals surface area (Å²) < 4.78 is 6.73. The number of nitrogens with zero attached hydrogens (tertiary/aromatic N) is 3. The van der Waals surface area contributed by atoms with E-state index in [1.807, 2.05) is 0 Å². The first-order chi connectivity index (χ1) is 7.79. The number of ether oxygens (including phenoxy) is 1. The van der Waals surface area contributed by atoms with Gasteiger partial charge in [0.2, 0.25) is 5.91 Å². The van der Waals surface area contributed by atoms with E-state index < -0.39 is 0 Å². The predicted octanol–water partition coefficient (Wildman–Crippen LogP) is -1.62. The number of hydrogen-bond donors (Lipinski definition) is 2. The number of amides is 1. The highest BCUT2D eigenvalue weighted by Crippen LogP contribution is 2.03. The first kappa shape index (κ1) is 11.0. The molecule has 1 amide bonds. The Balaban J connectivity index is 1.83. The quantitative estimate of drug-likeness (QED) is 0.644. The molecular weight excluding hydrogens is 210 g/mol. The molecule has 1 aliphatic rings. The molecule has 16 heavy (non-hydrogen) atoms. The fraction of sp³-hybridized carbons (Fsp3) is 0.667. The lowest BCUT2D eigenvalue weighted by Gasteiger charge is -2.18. The van der Waals surface area contributed by atoms with Crippen LogP contribution < -0.4 is 10.6 Å². The third-order valence-corrected chi connectivity index (χ3v) is 2.58. The van der Waals surface area contributed by atoms with Gasteiger partial charge in [-0.3, -0.25) is 4.79 Å². The number of aromatic nitrogens is 3. The van der Waals surface area contributed by atoms with Gasteiger partial charge in [-0.15, -0.1) is 0 Å². The Morgan fingerprint density at radius 3 is 3.25 bits per heavy atom. The van der Waals surface area contributed by atoms with Crippen molar-refractivity contribution in [1.82, 2.24) is 25.4 Å². The highest BCUT2D eigenvalue weighted by Gasteiger charge is 2.27. The third-order valence-electron chi connectivity index (χ3n) is 2.58. The van der Waals surface area contributed by atoms with Crippen LogP contribution in [0.25, 0.3) is 0 Å². The van der Waals surface area contributed by atoms with Crippen LogP contribution in [0.2, 0.25) is 0 Å². The summed E-state index contributed by atoms with van der Waals surface area (Å²) in [6, 6.07) is 0.0287. The van der Waals surface area contributed by atoms with Crippen molar-refractivity contribution in [2.45, 2.75) is 18.7 Å².